The van der Waals surface area contributed by atoms with Crippen LogP contribution in [0.4, 0.5) is 11.4 Å². The Hall–Kier alpha value is -8.37. The molecule has 0 saturated heterocycles. The van der Waals surface area contributed by atoms with Gasteiger partial charge in [0, 0.05) is 38.3 Å². The molecule has 0 atom stereocenters. The summed E-state index contributed by atoms with van der Waals surface area (Å²) in [6.07, 6.45) is 0. The van der Waals surface area contributed by atoms with Gasteiger partial charge in [0.05, 0.1) is 63.6 Å². The molecule has 0 unspecified atom stereocenters. The Bertz CT molecular complexity index is 3520. The van der Waals surface area contributed by atoms with Crippen molar-refractivity contribution in [3.05, 3.63) is 198 Å². The second-order valence-corrected chi connectivity index (χ2v) is 14.3. The number of nitrogens with zero attached hydrogens (tertiary/aromatic N) is 6. The number of hydrogen-bond acceptors (Lipinski definition) is 1. The first-order valence-corrected chi connectivity index (χ1v) is 18.6. The van der Waals surface area contributed by atoms with Crippen LogP contribution in [-0.2, 0) is 0 Å². The van der Waals surface area contributed by atoms with Crippen molar-refractivity contribution in [1.29, 1.82) is 5.26 Å². The zero-order chi connectivity index (χ0) is 38.2. The third-order valence-corrected chi connectivity index (χ3v) is 11.3. The predicted molar refractivity (Wildman–Crippen MR) is 232 cm³/mol. The van der Waals surface area contributed by atoms with Gasteiger partial charge in [-0.15, -0.1) is 0 Å². The van der Waals surface area contributed by atoms with Crippen molar-refractivity contribution in [2.24, 2.45) is 0 Å². The summed E-state index contributed by atoms with van der Waals surface area (Å²) < 4.78 is 6.71. The molecule has 0 spiro atoms. The van der Waals surface area contributed by atoms with E-state index in [0.29, 0.717) is 16.9 Å². The van der Waals surface area contributed by atoms with Crippen molar-refractivity contribution >= 4 is 76.8 Å². The highest BCUT2D eigenvalue weighted by Crippen LogP contribution is 2.43. The molecular formula is C51H28N6. The molecular weight excluding hydrogens is 697 g/mol. The highest BCUT2D eigenvalue weighted by molar-refractivity contribution is 6.13. The van der Waals surface area contributed by atoms with E-state index >= 15 is 0 Å². The highest BCUT2D eigenvalue weighted by atomic mass is 15.0. The molecule has 0 N–H and O–H groups in total. The molecule has 0 radical (unpaired) electrons. The summed E-state index contributed by atoms with van der Waals surface area (Å²) >= 11 is 0. The van der Waals surface area contributed by atoms with Crippen LogP contribution in [0.1, 0.15) is 5.56 Å². The summed E-state index contributed by atoms with van der Waals surface area (Å²) in [5.74, 6) is 0. The molecule has 0 saturated carbocycles. The molecule has 11 rings (SSSR count). The van der Waals surface area contributed by atoms with Gasteiger partial charge in [0.15, 0.2) is 5.69 Å². The summed E-state index contributed by atoms with van der Waals surface area (Å²) in [6.45, 7) is 16.1. The first-order chi connectivity index (χ1) is 28.1. The quantitative estimate of drug-likeness (QED) is 0.167. The molecule has 0 aliphatic rings. The molecule has 0 aliphatic heterocycles. The normalized spacial score (nSPS) is 11.5. The van der Waals surface area contributed by atoms with E-state index in [1.54, 1.807) is 0 Å². The number of nitriles is 1. The fourth-order valence-electron chi connectivity index (χ4n) is 8.90. The van der Waals surface area contributed by atoms with Gasteiger partial charge in [-0.1, -0.05) is 103 Å². The number of rotatable bonds is 4. The molecule has 11 aromatic rings. The summed E-state index contributed by atoms with van der Waals surface area (Å²) in [5.41, 5.74) is 11.9. The lowest BCUT2D eigenvalue weighted by Gasteiger charge is -2.18. The molecule has 8 aromatic carbocycles. The molecule has 262 valence electrons. The lowest BCUT2D eigenvalue weighted by atomic mass is 9.99. The first kappa shape index (κ1) is 32.1. The van der Waals surface area contributed by atoms with E-state index in [-0.39, 0.29) is 0 Å². The van der Waals surface area contributed by atoms with Gasteiger partial charge in [-0.3, -0.25) is 0 Å². The van der Waals surface area contributed by atoms with Gasteiger partial charge in [0.1, 0.15) is 0 Å². The summed E-state index contributed by atoms with van der Waals surface area (Å²) in [5, 5.41) is 17.1. The fourth-order valence-corrected chi connectivity index (χ4v) is 8.90. The molecule has 0 fully saturated rings. The van der Waals surface area contributed by atoms with Gasteiger partial charge in [0.25, 0.3) is 0 Å². The van der Waals surface area contributed by atoms with Crippen LogP contribution in [0.25, 0.3) is 103 Å². The predicted octanol–water partition coefficient (Wildman–Crippen LogP) is 13.6. The van der Waals surface area contributed by atoms with Crippen molar-refractivity contribution in [2.75, 3.05) is 0 Å². The average molecular weight is 725 g/mol. The molecule has 0 bridgehead atoms. The maximum absolute atomic E-state index is 10.6. The van der Waals surface area contributed by atoms with E-state index in [4.69, 9.17) is 13.1 Å². The molecule has 6 nitrogen and oxygen atoms in total. The molecule has 3 aromatic heterocycles. The van der Waals surface area contributed by atoms with Crippen LogP contribution in [0.3, 0.4) is 0 Å². The van der Waals surface area contributed by atoms with Crippen LogP contribution in [-0.4, -0.2) is 13.7 Å². The lowest BCUT2D eigenvalue weighted by molar-refractivity contribution is 1.15. The van der Waals surface area contributed by atoms with Crippen molar-refractivity contribution in [1.82, 2.24) is 13.7 Å². The largest absolute Gasteiger partial charge is 0.318 e. The zero-order valence-electron chi connectivity index (χ0n) is 30.3. The van der Waals surface area contributed by atoms with Gasteiger partial charge in [0.2, 0.25) is 5.69 Å². The molecule has 0 amide bonds. The van der Waals surface area contributed by atoms with Crippen LogP contribution < -0.4 is 0 Å². The van der Waals surface area contributed by atoms with Gasteiger partial charge in [-0.05, 0) is 83.2 Å². The lowest BCUT2D eigenvalue weighted by Crippen LogP contribution is -2.00. The Kier molecular flexibility index (Phi) is 6.95. The Labute approximate surface area is 327 Å². The minimum atomic E-state index is 0.496. The fraction of sp³-hybridized carbons (Fsp3) is 0. The minimum absolute atomic E-state index is 0.496. The van der Waals surface area contributed by atoms with Crippen LogP contribution in [0.2, 0.25) is 0 Å². The van der Waals surface area contributed by atoms with Crippen LogP contribution in [0.15, 0.2) is 170 Å². The SMILES string of the molecule is [C-]#[N+]c1ccc2c(c1)c1ccc(-n3c4ccccc4c4ccccc43)cc1n2-c1cc(C#N)cc(-c2cccc([N+]#[C-])c2-n2c3ccccc3c3ccccc32)c1. The Balaban J connectivity index is 1.21. The van der Waals surface area contributed by atoms with Crippen LogP contribution in [0.5, 0.6) is 0 Å². The second kappa shape index (κ2) is 12.3. The maximum atomic E-state index is 10.6. The highest BCUT2D eigenvalue weighted by Gasteiger charge is 2.21. The Morgan fingerprint density at radius 1 is 0.421 bits per heavy atom. The summed E-state index contributed by atoms with van der Waals surface area (Å²) in [6, 6.07) is 60.1. The molecule has 3 heterocycles. The van der Waals surface area contributed by atoms with Crippen molar-refractivity contribution in [3.8, 4) is 34.3 Å². The molecule has 0 aliphatic carbocycles. The third-order valence-electron chi connectivity index (χ3n) is 11.3. The minimum Gasteiger partial charge on any atom is -0.318 e. The van der Waals surface area contributed by atoms with E-state index in [0.717, 1.165) is 82.8 Å². The Morgan fingerprint density at radius 2 is 0.982 bits per heavy atom. The van der Waals surface area contributed by atoms with Crippen molar-refractivity contribution in [3.63, 3.8) is 0 Å². The first-order valence-electron chi connectivity index (χ1n) is 18.6. The van der Waals surface area contributed by atoms with Gasteiger partial charge in [-0.25, -0.2) is 9.69 Å². The number of hydrogen-bond donors (Lipinski definition) is 0. The van der Waals surface area contributed by atoms with Gasteiger partial charge >= 0.3 is 0 Å². The second-order valence-electron chi connectivity index (χ2n) is 14.3. The van der Waals surface area contributed by atoms with Gasteiger partial charge in [-0.2, -0.15) is 5.26 Å². The summed E-state index contributed by atoms with van der Waals surface area (Å²) in [7, 11) is 0. The summed E-state index contributed by atoms with van der Waals surface area (Å²) in [4.78, 5) is 7.83. The third kappa shape index (κ3) is 4.68. The van der Waals surface area contributed by atoms with E-state index in [9.17, 15) is 5.26 Å². The van der Waals surface area contributed by atoms with E-state index in [1.807, 2.05) is 72.8 Å². The van der Waals surface area contributed by atoms with Gasteiger partial charge < -0.3 is 13.7 Å². The number of aromatic nitrogens is 3. The number of para-hydroxylation sites is 5. The molecule has 6 heteroatoms. The smallest absolute Gasteiger partial charge is 0.211 e. The molecule has 57 heavy (non-hydrogen) atoms. The monoisotopic (exact) mass is 724 g/mol. The van der Waals surface area contributed by atoms with Crippen molar-refractivity contribution < 1.29 is 0 Å². The average Bonchev–Trinajstić information content (AvgIpc) is 3.91. The standard InChI is InChI=1S/C51H28N6/c1-53-34-22-25-49-43(29-34)42-24-23-35(55-45-18-7-3-12-38(45)39-13-4-8-19-46(39)55)30-50(42)56(49)36-27-32(31-52)26-33(28-36)37-16-11-17-44(54-2)51(37)57-47-20-9-5-14-40(47)41-15-6-10-21-48(41)57/h3-30H. The van der Waals surface area contributed by atoms with Crippen molar-refractivity contribution in [2.45, 2.75) is 0 Å². The topological polar surface area (TPSA) is 47.3 Å². The van der Waals surface area contributed by atoms with Crippen LogP contribution >= 0.6 is 0 Å². The Morgan fingerprint density at radius 3 is 1.58 bits per heavy atom. The number of benzene rings is 8. The number of fused-ring (bicyclic) bond motifs is 9. The zero-order valence-corrected chi connectivity index (χ0v) is 30.3. The maximum Gasteiger partial charge on any atom is 0.211 e. The van der Waals surface area contributed by atoms with E-state index in [2.05, 4.69) is 127 Å². The van der Waals surface area contributed by atoms with E-state index in [1.165, 1.54) is 10.8 Å². The van der Waals surface area contributed by atoms with E-state index < -0.39 is 0 Å². The van der Waals surface area contributed by atoms with Crippen LogP contribution in [0, 0.1) is 24.5 Å².